The highest BCUT2D eigenvalue weighted by atomic mass is 16.5. The Morgan fingerprint density at radius 2 is 1.55 bits per heavy atom. The molecule has 0 saturated carbocycles. The minimum absolute atomic E-state index is 0.0733. The van der Waals surface area contributed by atoms with E-state index < -0.39 is 5.97 Å². The molecule has 0 aliphatic carbocycles. The molecule has 29 heavy (non-hydrogen) atoms. The molecule has 0 N–H and O–H groups in total. The van der Waals surface area contributed by atoms with Crippen LogP contribution in [0.2, 0.25) is 0 Å². The first-order chi connectivity index (χ1) is 14.1. The summed E-state index contributed by atoms with van der Waals surface area (Å²) in [6, 6.07) is 25.8. The van der Waals surface area contributed by atoms with E-state index in [0.29, 0.717) is 0 Å². The Balaban J connectivity index is 1.33. The maximum Gasteiger partial charge on any atom is 0.310 e. The second-order valence-electron chi connectivity index (χ2n) is 7.35. The smallest absolute Gasteiger partial charge is 0.310 e. The molecule has 0 radical (unpaired) electrons. The monoisotopic (exact) mass is 385 g/mol. The normalized spacial score (nSPS) is 15.1. The van der Waals surface area contributed by atoms with Crippen LogP contribution >= 0.6 is 0 Å². The molecule has 1 atom stereocenters. The number of hydrogen-bond acceptors (Lipinski definition) is 3. The van der Waals surface area contributed by atoms with Gasteiger partial charge in [0.25, 0.3) is 5.91 Å². The average Bonchev–Trinajstić information content (AvgIpc) is 3.09. The number of carbonyl (C=O) groups is 2. The Hall–Kier alpha value is -3.40. The number of nitrogens with zero attached hydrogens (tertiary/aromatic N) is 1. The van der Waals surface area contributed by atoms with E-state index in [1.807, 2.05) is 85.8 Å². The van der Waals surface area contributed by atoms with Gasteiger partial charge in [0.15, 0.2) is 6.61 Å². The van der Waals surface area contributed by atoms with Gasteiger partial charge in [0.2, 0.25) is 0 Å². The summed E-state index contributed by atoms with van der Waals surface area (Å²) >= 11 is 0. The number of benzene rings is 3. The number of rotatable bonds is 5. The molecule has 4 rings (SSSR count). The summed E-state index contributed by atoms with van der Waals surface area (Å²) in [5.74, 6) is -0.582. The molecular formula is C25H23NO3. The molecule has 0 saturated heterocycles. The molecule has 1 aliphatic rings. The molecule has 0 spiro atoms. The number of hydrogen-bond donors (Lipinski definition) is 0. The van der Waals surface area contributed by atoms with Crippen molar-refractivity contribution >= 4 is 17.6 Å². The quantitative estimate of drug-likeness (QED) is 0.611. The third kappa shape index (κ3) is 4.21. The second-order valence-corrected chi connectivity index (χ2v) is 7.35. The number of para-hydroxylation sites is 1. The molecule has 4 nitrogen and oxygen atoms in total. The van der Waals surface area contributed by atoms with Gasteiger partial charge in [-0.25, -0.2) is 0 Å². The summed E-state index contributed by atoms with van der Waals surface area (Å²) in [6.45, 7) is 1.77. The highest BCUT2D eigenvalue weighted by Gasteiger charge is 2.30. The van der Waals surface area contributed by atoms with Gasteiger partial charge < -0.3 is 9.64 Å². The first-order valence-corrected chi connectivity index (χ1v) is 9.82. The van der Waals surface area contributed by atoms with Crippen molar-refractivity contribution < 1.29 is 14.3 Å². The Kier molecular flexibility index (Phi) is 5.43. The summed E-state index contributed by atoms with van der Waals surface area (Å²) in [6.07, 6.45) is 0.970. The van der Waals surface area contributed by atoms with Gasteiger partial charge in [-0.15, -0.1) is 0 Å². The van der Waals surface area contributed by atoms with Gasteiger partial charge in [0, 0.05) is 11.7 Å². The van der Waals surface area contributed by atoms with Crippen LogP contribution in [0, 0.1) is 0 Å². The van der Waals surface area contributed by atoms with Crippen LogP contribution in [0.15, 0.2) is 78.9 Å². The molecule has 1 heterocycles. The van der Waals surface area contributed by atoms with Crippen molar-refractivity contribution in [3.63, 3.8) is 0 Å². The lowest BCUT2D eigenvalue weighted by atomic mass is 10.0. The molecule has 1 unspecified atom stereocenters. The summed E-state index contributed by atoms with van der Waals surface area (Å²) in [5.41, 5.74) is 5.16. The van der Waals surface area contributed by atoms with E-state index in [0.717, 1.165) is 34.4 Å². The number of carbonyl (C=O) groups excluding carboxylic acids is 2. The molecule has 0 bridgehead atoms. The lowest BCUT2D eigenvalue weighted by Crippen LogP contribution is -2.38. The predicted octanol–water partition coefficient (Wildman–Crippen LogP) is 4.42. The van der Waals surface area contributed by atoms with E-state index in [4.69, 9.17) is 4.74 Å². The Morgan fingerprint density at radius 3 is 2.31 bits per heavy atom. The van der Waals surface area contributed by atoms with Gasteiger partial charge in [0.1, 0.15) is 0 Å². The number of fused-ring (bicyclic) bond motifs is 1. The summed E-state index contributed by atoms with van der Waals surface area (Å²) in [5, 5.41) is 0. The molecule has 4 heteroatoms. The van der Waals surface area contributed by atoms with E-state index in [1.54, 1.807) is 4.90 Å². The highest BCUT2D eigenvalue weighted by Crippen LogP contribution is 2.31. The zero-order chi connectivity index (χ0) is 20.2. The van der Waals surface area contributed by atoms with Crippen molar-refractivity contribution in [1.82, 2.24) is 0 Å². The van der Waals surface area contributed by atoms with Crippen LogP contribution in [-0.2, 0) is 27.2 Å². The fourth-order valence-electron chi connectivity index (χ4n) is 3.82. The third-order valence-corrected chi connectivity index (χ3v) is 5.24. The van der Waals surface area contributed by atoms with Crippen molar-refractivity contribution in [2.75, 3.05) is 11.5 Å². The van der Waals surface area contributed by atoms with Crippen LogP contribution in [-0.4, -0.2) is 24.5 Å². The number of ether oxygens (including phenoxy) is 1. The lowest BCUT2D eigenvalue weighted by molar-refractivity contribution is -0.147. The zero-order valence-corrected chi connectivity index (χ0v) is 16.4. The van der Waals surface area contributed by atoms with Crippen molar-refractivity contribution in [2.24, 2.45) is 0 Å². The Labute approximate surface area is 170 Å². The van der Waals surface area contributed by atoms with Gasteiger partial charge in [-0.2, -0.15) is 0 Å². The summed E-state index contributed by atoms with van der Waals surface area (Å²) < 4.78 is 5.27. The van der Waals surface area contributed by atoms with Gasteiger partial charge in [-0.3, -0.25) is 9.59 Å². The predicted molar refractivity (Wildman–Crippen MR) is 114 cm³/mol. The van der Waals surface area contributed by atoms with E-state index >= 15 is 0 Å². The molecule has 1 aliphatic heterocycles. The highest BCUT2D eigenvalue weighted by molar-refractivity contribution is 5.97. The van der Waals surface area contributed by atoms with Gasteiger partial charge >= 0.3 is 5.97 Å². The summed E-state index contributed by atoms with van der Waals surface area (Å²) in [4.78, 5) is 26.6. The van der Waals surface area contributed by atoms with Crippen molar-refractivity contribution in [3.05, 3.63) is 90.0 Å². The number of amides is 1. The molecule has 3 aromatic rings. The minimum Gasteiger partial charge on any atom is -0.455 e. The molecular weight excluding hydrogens is 362 g/mol. The van der Waals surface area contributed by atoms with Crippen molar-refractivity contribution in [1.29, 1.82) is 0 Å². The number of anilines is 1. The fourth-order valence-corrected chi connectivity index (χ4v) is 3.82. The lowest BCUT2D eigenvalue weighted by Gasteiger charge is -2.22. The van der Waals surface area contributed by atoms with E-state index in [1.165, 1.54) is 0 Å². The van der Waals surface area contributed by atoms with Crippen LogP contribution in [0.25, 0.3) is 11.1 Å². The topological polar surface area (TPSA) is 46.6 Å². The second kappa shape index (κ2) is 8.31. The van der Waals surface area contributed by atoms with Crippen molar-refractivity contribution in [2.45, 2.75) is 25.8 Å². The van der Waals surface area contributed by atoms with Crippen LogP contribution in [0.5, 0.6) is 0 Å². The first-order valence-electron chi connectivity index (χ1n) is 9.82. The Morgan fingerprint density at radius 1 is 0.897 bits per heavy atom. The third-order valence-electron chi connectivity index (χ3n) is 5.24. The number of esters is 1. The van der Waals surface area contributed by atoms with E-state index in [2.05, 4.69) is 0 Å². The maximum absolute atomic E-state index is 12.6. The first kappa shape index (κ1) is 18.9. The summed E-state index contributed by atoms with van der Waals surface area (Å²) in [7, 11) is 0. The molecule has 1 amide bonds. The van der Waals surface area contributed by atoms with Crippen LogP contribution in [0.1, 0.15) is 18.1 Å². The van der Waals surface area contributed by atoms with Crippen molar-refractivity contribution in [3.8, 4) is 11.1 Å². The zero-order valence-electron chi connectivity index (χ0n) is 16.4. The van der Waals surface area contributed by atoms with Gasteiger partial charge in [0.05, 0.1) is 6.42 Å². The standard InChI is InChI=1S/C25H23NO3/c1-18-15-22-9-5-6-10-23(22)26(18)24(27)17-29-25(28)16-19-11-13-21(14-12-19)20-7-3-2-4-8-20/h2-14,18H,15-17H2,1H3. The van der Waals surface area contributed by atoms with Gasteiger partial charge in [-0.05, 0) is 41.7 Å². The minimum atomic E-state index is -0.397. The van der Waals surface area contributed by atoms with E-state index in [9.17, 15) is 9.59 Å². The average molecular weight is 385 g/mol. The molecule has 146 valence electrons. The molecule has 3 aromatic carbocycles. The van der Waals surface area contributed by atoms with E-state index in [-0.39, 0.29) is 25.0 Å². The van der Waals surface area contributed by atoms with Crippen LogP contribution in [0.3, 0.4) is 0 Å². The maximum atomic E-state index is 12.6. The largest absolute Gasteiger partial charge is 0.455 e. The molecule has 0 fully saturated rings. The molecule has 0 aromatic heterocycles. The van der Waals surface area contributed by atoms with Gasteiger partial charge in [-0.1, -0.05) is 72.8 Å². The fraction of sp³-hybridized carbons (Fsp3) is 0.200. The SMILES string of the molecule is CC1Cc2ccccc2N1C(=O)COC(=O)Cc1ccc(-c2ccccc2)cc1. The Bertz CT molecular complexity index is 1010. The van der Waals surface area contributed by atoms with Crippen LogP contribution in [0.4, 0.5) is 5.69 Å². The van der Waals surface area contributed by atoms with Crippen LogP contribution < -0.4 is 4.90 Å².